The first-order valence-corrected chi connectivity index (χ1v) is 9.90. The van der Waals surface area contributed by atoms with Crippen molar-refractivity contribution in [1.29, 1.82) is 0 Å². The third kappa shape index (κ3) is 3.94. The second kappa shape index (κ2) is 7.55. The number of para-hydroxylation sites is 2. The molecule has 6 nitrogen and oxygen atoms in total. The fourth-order valence-electron chi connectivity index (χ4n) is 3.37. The number of aryl methyl sites for hydroxylation is 2. The molecule has 7 heteroatoms. The van der Waals surface area contributed by atoms with Gasteiger partial charge in [-0.1, -0.05) is 12.1 Å². The molecule has 1 aliphatic rings. The second-order valence-corrected chi connectivity index (χ2v) is 7.78. The molecule has 1 aromatic carbocycles. The molecule has 2 aromatic heterocycles. The summed E-state index contributed by atoms with van der Waals surface area (Å²) >= 11 is 1.69. The molecule has 1 saturated heterocycles. The average Bonchev–Trinajstić information content (AvgIpc) is 3.25. The molecule has 0 unspecified atom stereocenters. The van der Waals surface area contributed by atoms with Gasteiger partial charge in [-0.15, -0.1) is 11.3 Å². The first-order valence-electron chi connectivity index (χ1n) is 9.02. The fraction of sp³-hybridized carbons (Fsp3) is 0.421. The maximum absolute atomic E-state index is 12.5. The van der Waals surface area contributed by atoms with Crippen molar-refractivity contribution in [3.05, 3.63) is 46.2 Å². The van der Waals surface area contributed by atoms with E-state index in [0.717, 1.165) is 60.3 Å². The van der Waals surface area contributed by atoms with Crippen LogP contribution >= 0.6 is 11.3 Å². The van der Waals surface area contributed by atoms with Crippen molar-refractivity contribution >= 4 is 28.3 Å². The zero-order valence-electron chi connectivity index (χ0n) is 14.9. The predicted octanol–water partition coefficient (Wildman–Crippen LogP) is 2.60. The highest BCUT2D eigenvalue weighted by Gasteiger charge is 2.21. The number of carbonyl (C=O) groups excluding carboxylic acids is 1. The Hall–Kier alpha value is -2.25. The number of aromatic nitrogens is 3. The molecule has 1 fully saturated rings. The van der Waals surface area contributed by atoms with Crippen molar-refractivity contribution in [3.8, 4) is 0 Å². The molecule has 0 radical (unpaired) electrons. The van der Waals surface area contributed by atoms with Gasteiger partial charge in [0.25, 0.3) is 0 Å². The lowest BCUT2D eigenvalue weighted by Crippen LogP contribution is -2.48. The van der Waals surface area contributed by atoms with Gasteiger partial charge in [0.05, 0.1) is 21.7 Å². The standard InChI is InChI=1S/C19H23N5OS/c1-14-20-15(13-26-14)12-23-8-10-24(11-9-23)19(25)7-6-18-21-16-4-2-3-5-17(16)22-18/h2-5,13H,6-12H2,1H3,(H,21,22). The lowest BCUT2D eigenvalue weighted by Gasteiger charge is -2.34. The number of thiazole rings is 1. The lowest BCUT2D eigenvalue weighted by molar-refractivity contribution is -0.133. The number of H-pyrrole nitrogens is 1. The molecule has 1 N–H and O–H groups in total. The van der Waals surface area contributed by atoms with Gasteiger partial charge in [0.1, 0.15) is 5.82 Å². The summed E-state index contributed by atoms with van der Waals surface area (Å²) in [4.78, 5) is 29.2. The van der Waals surface area contributed by atoms with Crippen LogP contribution < -0.4 is 0 Å². The first-order chi connectivity index (χ1) is 12.7. The van der Waals surface area contributed by atoms with Crippen LogP contribution in [0.3, 0.4) is 0 Å². The highest BCUT2D eigenvalue weighted by Crippen LogP contribution is 2.14. The molecule has 0 saturated carbocycles. The summed E-state index contributed by atoms with van der Waals surface area (Å²) in [7, 11) is 0. The van der Waals surface area contributed by atoms with Gasteiger partial charge < -0.3 is 9.88 Å². The van der Waals surface area contributed by atoms with E-state index in [2.05, 4.69) is 25.2 Å². The van der Waals surface area contributed by atoms with Crippen molar-refractivity contribution < 1.29 is 4.79 Å². The molecule has 0 atom stereocenters. The molecule has 0 spiro atoms. The Labute approximate surface area is 156 Å². The Morgan fingerprint density at radius 3 is 2.73 bits per heavy atom. The van der Waals surface area contributed by atoms with E-state index in [0.29, 0.717) is 12.8 Å². The van der Waals surface area contributed by atoms with Crippen molar-refractivity contribution in [2.75, 3.05) is 26.2 Å². The summed E-state index contributed by atoms with van der Waals surface area (Å²) in [6.07, 6.45) is 1.16. The van der Waals surface area contributed by atoms with Crippen molar-refractivity contribution in [2.45, 2.75) is 26.3 Å². The summed E-state index contributed by atoms with van der Waals surface area (Å²) in [5.74, 6) is 1.10. The second-order valence-electron chi connectivity index (χ2n) is 6.72. The molecule has 4 rings (SSSR count). The van der Waals surface area contributed by atoms with E-state index in [1.54, 1.807) is 11.3 Å². The van der Waals surface area contributed by atoms with Crippen molar-refractivity contribution in [3.63, 3.8) is 0 Å². The van der Waals surface area contributed by atoms with Crippen molar-refractivity contribution in [1.82, 2.24) is 24.8 Å². The number of aromatic amines is 1. The van der Waals surface area contributed by atoms with Crippen LogP contribution in [0, 0.1) is 6.92 Å². The SMILES string of the molecule is Cc1nc(CN2CCN(C(=O)CCc3nc4ccccc4[nH]3)CC2)cs1. The summed E-state index contributed by atoms with van der Waals surface area (Å²) in [5, 5.41) is 3.24. The Morgan fingerprint density at radius 2 is 2.00 bits per heavy atom. The Kier molecular flexibility index (Phi) is 4.99. The number of amides is 1. The van der Waals surface area contributed by atoms with E-state index < -0.39 is 0 Å². The zero-order chi connectivity index (χ0) is 17.9. The number of fused-ring (bicyclic) bond motifs is 1. The van der Waals surface area contributed by atoms with E-state index in [9.17, 15) is 4.79 Å². The van der Waals surface area contributed by atoms with E-state index in [-0.39, 0.29) is 5.91 Å². The van der Waals surface area contributed by atoms with Crippen LogP contribution in [0.1, 0.15) is 22.9 Å². The molecular formula is C19H23N5OS. The van der Waals surface area contributed by atoms with Crippen molar-refractivity contribution in [2.24, 2.45) is 0 Å². The summed E-state index contributed by atoms with van der Waals surface area (Å²) in [6.45, 7) is 6.32. The molecule has 0 aliphatic carbocycles. The number of nitrogens with one attached hydrogen (secondary N) is 1. The fourth-order valence-corrected chi connectivity index (χ4v) is 3.98. The minimum absolute atomic E-state index is 0.217. The minimum atomic E-state index is 0.217. The van der Waals surface area contributed by atoms with Crippen LogP contribution in [0.15, 0.2) is 29.6 Å². The van der Waals surface area contributed by atoms with Crippen LogP contribution in [0.25, 0.3) is 11.0 Å². The third-order valence-corrected chi connectivity index (χ3v) is 5.61. The van der Waals surface area contributed by atoms with Crippen LogP contribution in [0.2, 0.25) is 0 Å². The van der Waals surface area contributed by atoms with Gasteiger partial charge in [-0.3, -0.25) is 9.69 Å². The Bertz CT molecular complexity index is 861. The normalized spacial score (nSPS) is 15.7. The molecule has 1 aliphatic heterocycles. The number of rotatable bonds is 5. The zero-order valence-corrected chi connectivity index (χ0v) is 15.8. The van der Waals surface area contributed by atoms with E-state index in [4.69, 9.17) is 0 Å². The smallest absolute Gasteiger partial charge is 0.223 e. The van der Waals surface area contributed by atoms with Crippen LogP contribution in [-0.4, -0.2) is 56.8 Å². The molecule has 0 bridgehead atoms. The number of piperazine rings is 1. The van der Waals surface area contributed by atoms with E-state index in [1.807, 2.05) is 36.1 Å². The maximum atomic E-state index is 12.5. The quantitative estimate of drug-likeness (QED) is 0.751. The average molecular weight is 369 g/mol. The van der Waals surface area contributed by atoms with Gasteiger partial charge in [-0.25, -0.2) is 9.97 Å². The van der Waals surface area contributed by atoms with Crippen LogP contribution in [-0.2, 0) is 17.8 Å². The highest BCUT2D eigenvalue weighted by molar-refractivity contribution is 7.09. The first kappa shape index (κ1) is 17.2. The lowest BCUT2D eigenvalue weighted by atomic mass is 10.2. The largest absolute Gasteiger partial charge is 0.342 e. The van der Waals surface area contributed by atoms with Gasteiger partial charge in [-0.05, 0) is 19.1 Å². The van der Waals surface area contributed by atoms with Gasteiger partial charge in [0.15, 0.2) is 0 Å². The van der Waals surface area contributed by atoms with E-state index >= 15 is 0 Å². The molecular weight excluding hydrogens is 346 g/mol. The van der Waals surface area contributed by atoms with Gasteiger partial charge >= 0.3 is 0 Å². The van der Waals surface area contributed by atoms with Gasteiger partial charge in [0, 0.05) is 50.9 Å². The maximum Gasteiger partial charge on any atom is 0.223 e. The van der Waals surface area contributed by atoms with Gasteiger partial charge in [-0.2, -0.15) is 0 Å². The van der Waals surface area contributed by atoms with Gasteiger partial charge in [0.2, 0.25) is 5.91 Å². The summed E-state index contributed by atoms with van der Waals surface area (Å²) < 4.78 is 0. The third-order valence-electron chi connectivity index (χ3n) is 4.79. The molecule has 26 heavy (non-hydrogen) atoms. The number of hydrogen-bond acceptors (Lipinski definition) is 5. The van der Waals surface area contributed by atoms with Crippen LogP contribution in [0.5, 0.6) is 0 Å². The number of imidazole rings is 1. The van der Waals surface area contributed by atoms with Crippen LogP contribution in [0.4, 0.5) is 0 Å². The molecule has 3 heterocycles. The molecule has 1 amide bonds. The topological polar surface area (TPSA) is 65.1 Å². The molecule has 3 aromatic rings. The molecule has 136 valence electrons. The monoisotopic (exact) mass is 369 g/mol. The minimum Gasteiger partial charge on any atom is -0.342 e. The Balaban J connectivity index is 1.25. The number of nitrogens with zero attached hydrogens (tertiary/aromatic N) is 4. The summed E-state index contributed by atoms with van der Waals surface area (Å²) in [5.41, 5.74) is 3.12. The number of benzene rings is 1. The van der Waals surface area contributed by atoms with E-state index in [1.165, 1.54) is 0 Å². The number of carbonyl (C=O) groups is 1. The summed E-state index contributed by atoms with van der Waals surface area (Å²) in [6, 6.07) is 7.96. The highest BCUT2D eigenvalue weighted by atomic mass is 32.1. The Morgan fingerprint density at radius 1 is 1.19 bits per heavy atom. The predicted molar refractivity (Wildman–Crippen MR) is 103 cm³/mol. The number of hydrogen-bond donors (Lipinski definition) is 1.